The van der Waals surface area contributed by atoms with Crippen LogP contribution in [0.5, 0.6) is 0 Å². The summed E-state index contributed by atoms with van der Waals surface area (Å²) < 4.78 is 26.8. The molecule has 1 rings (SSSR count). The molecule has 1 aromatic carbocycles. The molecule has 0 aliphatic heterocycles. The van der Waals surface area contributed by atoms with Gasteiger partial charge in [-0.05, 0) is 49.6 Å². The van der Waals surface area contributed by atoms with Crippen LogP contribution in [0.3, 0.4) is 0 Å². The van der Waals surface area contributed by atoms with Crippen molar-refractivity contribution in [3.63, 3.8) is 0 Å². The maximum Gasteiger partial charge on any atom is 0.240 e. The molecule has 0 saturated carbocycles. The molecule has 114 valence electrons. The van der Waals surface area contributed by atoms with Crippen molar-refractivity contribution in [3.05, 3.63) is 29.8 Å². The molecule has 0 aromatic heterocycles. The first kappa shape index (κ1) is 17.5. The van der Waals surface area contributed by atoms with Gasteiger partial charge in [0.1, 0.15) is 0 Å². The van der Waals surface area contributed by atoms with E-state index in [4.69, 9.17) is 0 Å². The monoisotopic (exact) mass is 316 g/mol. The predicted octanol–water partition coefficient (Wildman–Crippen LogP) is 2.22. The Kier molecular flexibility index (Phi) is 8.21. The van der Waals surface area contributed by atoms with Crippen molar-refractivity contribution < 1.29 is 8.42 Å². The Bertz CT molecular complexity index is 472. The molecule has 0 heterocycles. The Morgan fingerprint density at radius 1 is 1.10 bits per heavy atom. The van der Waals surface area contributed by atoms with Crippen molar-refractivity contribution in [1.82, 2.24) is 10.0 Å². The maximum absolute atomic E-state index is 12.1. The zero-order chi connectivity index (χ0) is 14.8. The summed E-state index contributed by atoms with van der Waals surface area (Å²) >= 11 is 1.82. The lowest BCUT2D eigenvalue weighted by Gasteiger charge is -2.07. The molecule has 0 aliphatic rings. The fourth-order valence-electron chi connectivity index (χ4n) is 1.83. The van der Waals surface area contributed by atoms with Crippen molar-refractivity contribution >= 4 is 21.8 Å². The Morgan fingerprint density at radius 3 is 2.40 bits per heavy atom. The van der Waals surface area contributed by atoms with Crippen LogP contribution in [0, 0.1) is 0 Å². The van der Waals surface area contributed by atoms with Gasteiger partial charge < -0.3 is 5.32 Å². The third-order valence-corrected chi connectivity index (χ3v) is 5.11. The number of benzene rings is 1. The lowest BCUT2D eigenvalue weighted by molar-refractivity contribution is 0.576. The van der Waals surface area contributed by atoms with Crippen LogP contribution in [-0.4, -0.2) is 34.0 Å². The van der Waals surface area contributed by atoms with Gasteiger partial charge in [0, 0.05) is 13.1 Å². The summed E-state index contributed by atoms with van der Waals surface area (Å²) in [6.45, 7) is 1.25. The normalized spacial score (nSPS) is 11.7. The van der Waals surface area contributed by atoms with Crippen LogP contribution < -0.4 is 10.0 Å². The predicted molar refractivity (Wildman–Crippen MR) is 86.6 cm³/mol. The number of hydrogen-bond donors (Lipinski definition) is 2. The Morgan fingerprint density at radius 2 is 1.80 bits per heavy atom. The van der Waals surface area contributed by atoms with Crippen molar-refractivity contribution in [2.45, 2.75) is 30.7 Å². The number of nitrogens with one attached hydrogen (secondary N) is 2. The minimum Gasteiger partial charge on any atom is -0.316 e. The summed E-state index contributed by atoms with van der Waals surface area (Å²) in [5.74, 6) is 1.14. The first-order valence-electron chi connectivity index (χ1n) is 6.82. The highest BCUT2D eigenvalue weighted by Crippen LogP contribution is 2.10. The molecule has 0 unspecified atom stereocenters. The lowest BCUT2D eigenvalue weighted by atomic mass is 10.2. The van der Waals surface area contributed by atoms with Gasteiger partial charge >= 0.3 is 0 Å². The molecule has 0 amide bonds. The van der Waals surface area contributed by atoms with Crippen LogP contribution in [0.1, 0.15) is 24.8 Å². The molecule has 0 fully saturated rings. The Labute approximate surface area is 126 Å². The highest BCUT2D eigenvalue weighted by atomic mass is 32.2. The van der Waals surface area contributed by atoms with Crippen molar-refractivity contribution in [3.8, 4) is 0 Å². The van der Waals surface area contributed by atoms with Gasteiger partial charge in [-0.2, -0.15) is 11.8 Å². The van der Waals surface area contributed by atoms with E-state index in [0.29, 0.717) is 11.4 Å². The van der Waals surface area contributed by atoms with Gasteiger partial charge in [0.2, 0.25) is 10.0 Å². The summed E-state index contributed by atoms with van der Waals surface area (Å²) in [7, 11) is -1.50. The van der Waals surface area contributed by atoms with E-state index in [0.717, 1.165) is 37.1 Å². The van der Waals surface area contributed by atoms with Crippen molar-refractivity contribution in [1.29, 1.82) is 0 Å². The number of sulfonamides is 1. The first-order valence-corrected chi connectivity index (χ1v) is 9.70. The summed E-state index contributed by atoms with van der Waals surface area (Å²) in [6.07, 6.45) is 5.17. The van der Waals surface area contributed by atoms with Crippen molar-refractivity contribution in [2.75, 3.05) is 25.6 Å². The van der Waals surface area contributed by atoms with Gasteiger partial charge in [0.15, 0.2) is 0 Å². The molecule has 0 bridgehead atoms. The van der Waals surface area contributed by atoms with Gasteiger partial charge in [-0.15, -0.1) is 0 Å². The van der Waals surface area contributed by atoms with Crippen LogP contribution in [0.2, 0.25) is 0 Å². The second-order valence-electron chi connectivity index (χ2n) is 4.63. The smallest absolute Gasteiger partial charge is 0.240 e. The fraction of sp³-hybridized carbons (Fsp3) is 0.571. The zero-order valence-corrected chi connectivity index (χ0v) is 13.8. The minimum atomic E-state index is -3.36. The molecule has 0 radical (unpaired) electrons. The Balaban J connectivity index is 2.43. The summed E-state index contributed by atoms with van der Waals surface area (Å²) in [6, 6.07) is 6.98. The average Bonchev–Trinajstić information content (AvgIpc) is 2.44. The number of thioether (sulfide) groups is 1. The molecule has 6 heteroatoms. The number of rotatable bonds is 10. The quantitative estimate of drug-likeness (QED) is 0.650. The van der Waals surface area contributed by atoms with Gasteiger partial charge in [0.25, 0.3) is 0 Å². The van der Waals surface area contributed by atoms with Crippen LogP contribution in [-0.2, 0) is 16.6 Å². The summed E-state index contributed by atoms with van der Waals surface area (Å²) in [4.78, 5) is 0.335. The molecular weight excluding hydrogens is 292 g/mol. The molecule has 2 N–H and O–H groups in total. The van der Waals surface area contributed by atoms with Crippen LogP contribution >= 0.6 is 11.8 Å². The standard InChI is InChI=1S/C14H24N2O2S2/c1-15-12-13-6-8-14(9-7-13)20(17,18)16-10-4-3-5-11-19-2/h6-9,15-16H,3-5,10-12H2,1-2H3. The molecule has 4 nitrogen and oxygen atoms in total. The molecule has 1 aromatic rings. The highest BCUT2D eigenvalue weighted by molar-refractivity contribution is 7.98. The first-order chi connectivity index (χ1) is 9.60. The molecule has 0 atom stereocenters. The van der Waals surface area contributed by atoms with Gasteiger partial charge in [-0.1, -0.05) is 18.6 Å². The maximum atomic E-state index is 12.1. The summed E-state index contributed by atoms with van der Waals surface area (Å²) in [5.41, 5.74) is 1.07. The minimum absolute atomic E-state index is 0.335. The average molecular weight is 316 g/mol. The third kappa shape index (κ3) is 6.26. The number of hydrogen-bond acceptors (Lipinski definition) is 4. The molecular formula is C14H24N2O2S2. The Hall–Kier alpha value is -0.560. The van der Waals surface area contributed by atoms with E-state index in [2.05, 4.69) is 16.3 Å². The second-order valence-corrected chi connectivity index (χ2v) is 7.38. The highest BCUT2D eigenvalue weighted by Gasteiger charge is 2.12. The van der Waals surface area contributed by atoms with E-state index in [-0.39, 0.29) is 0 Å². The largest absolute Gasteiger partial charge is 0.316 e. The fourth-order valence-corrected chi connectivity index (χ4v) is 3.40. The number of unbranched alkanes of at least 4 members (excludes halogenated alkanes) is 2. The lowest BCUT2D eigenvalue weighted by Crippen LogP contribution is -2.24. The van der Waals surface area contributed by atoms with Crippen LogP contribution in [0.25, 0.3) is 0 Å². The van der Waals surface area contributed by atoms with E-state index in [1.165, 1.54) is 0 Å². The topological polar surface area (TPSA) is 58.2 Å². The third-order valence-electron chi connectivity index (χ3n) is 2.93. The SMILES string of the molecule is CNCc1ccc(S(=O)(=O)NCCCCCSC)cc1. The van der Waals surface area contributed by atoms with Crippen LogP contribution in [0.4, 0.5) is 0 Å². The van der Waals surface area contributed by atoms with E-state index in [1.807, 2.05) is 30.9 Å². The van der Waals surface area contributed by atoms with Crippen LogP contribution in [0.15, 0.2) is 29.2 Å². The second kappa shape index (κ2) is 9.39. The van der Waals surface area contributed by atoms with Gasteiger partial charge in [0.05, 0.1) is 4.90 Å². The van der Waals surface area contributed by atoms with Gasteiger partial charge in [-0.25, -0.2) is 13.1 Å². The van der Waals surface area contributed by atoms with E-state index < -0.39 is 10.0 Å². The molecule has 0 spiro atoms. The van der Waals surface area contributed by atoms with E-state index in [9.17, 15) is 8.42 Å². The van der Waals surface area contributed by atoms with Crippen molar-refractivity contribution in [2.24, 2.45) is 0 Å². The van der Waals surface area contributed by atoms with E-state index >= 15 is 0 Å². The van der Waals surface area contributed by atoms with E-state index in [1.54, 1.807) is 12.1 Å². The molecule has 0 saturated heterocycles. The zero-order valence-electron chi connectivity index (χ0n) is 12.2. The van der Waals surface area contributed by atoms with Gasteiger partial charge in [-0.3, -0.25) is 0 Å². The molecule has 20 heavy (non-hydrogen) atoms. The summed E-state index contributed by atoms with van der Waals surface area (Å²) in [5, 5.41) is 3.03. The molecule has 0 aliphatic carbocycles.